The number of amides is 1. The van der Waals surface area contributed by atoms with Crippen molar-refractivity contribution in [2.24, 2.45) is 0 Å². The summed E-state index contributed by atoms with van der Waals surface area (Å²) in [5.74, 6) is -0.350. The summed E-state index contributed by atoms with van der Waals surface area (Å²) in [6.45, 7) is 1.46. The zero-order valence-corrected chi connectivity index (χ0v) is 14.2. The third-order valence-corrected chi connectivity index (χ3v) is 5.20. The van der Waals surface area contributed by atoms with Gasteiger partial charge in [0.1, 0.15) is 6.04 Å². The first-order valence-corrected chi connectivity index (χ1v) is 9.51. The van der Waals surface area contributed by atoms with Gasteiger partial charge in [-0.15, -0.1) is 0 Å². The molecule has 1 aliphatic heterocycles. The van der Waals surface area contributed by atoms with Crippen LogP contribution in [0.25, 0.3) is 0 Å². The minimum Gasteiger partial charge on any atom is -0.384 e. The molecular formula is C16H24N2O4S. The van der Waals surface area contributed by atoms with Gasteiger partial charge in [0, 0.05) is 20.2 Å². The number of nitrogens with zero attached hydrogens (tertiary/aromatic N) is 1. The summed E-state index contributed by atoms with van der Waals surface area (Å²) in [4.78, 5) is 14.6. The lowest BCUT2D eigenvalue weighted by Gasteiger charge is -2.30. The van der Waals surface area contributed by atoms with Crippen molar-refractivity contribution < 1.29 is 17.9 Å². The Kier molecular flexibility index (Phi) is 6.56. The van der Waals surface area contributed by atoms with Crippen molar-refractivity contribution in [3.63, 3.8) is 0 Å². The number of hydrogen-bond donors (Lipinski definition) is 1. The molecule has 1 heterocycles. The molecule has 0 aliphatic carbocycles. The van der Waals surface area contributed by atoms with Crippen LogP contribution in [0.4, 0.5) is 0 Å². The highest BCUT2D eigenvalue weighted by Crippen LogP contribution is 2.20. The fourth-order valence-corrected chi connectivity index (χ4v) is 3.73. The van der Waals surface area contributed by atoms with E-state index in [0.29, 0.717) is 18.7 Å². The molecule has 1 amide bonds. The quantitative estimate of drug-likeness (QED) is 0.812. The Morgan fingerprint density at radius 3 is 2.48 bits per heavy atom. The standard InChI is InChI=1S/C16H24N2O4S/c1-22-12-13-23(20,21)17-15(14-8-4-2-5-9-14)16(19)18-10-6-3-7-11-18/h2,4-5,8-9,15,17H,3,6-7,10-13H2,1H3/t15-/m0/s1. The molecule has 128 valence electrons. The minimum atomic E-state index is -3.60. The molecule has 1 aromatic rings. The van der Waals surface area contributed by atoms with Crippen LogP contribution in [0.15, 0.2) is 30.3 Å². The van der Waals surface area contributed by atoms with E-state index in [1.807, 2.05) is 6.07 Å². The van der Waals surface area contributed by atoms with E-state index in [1.165, 1.54) is 7.11 Å². The number of ether oxygens (including phenoxy) is 1. The highest BCUT2D eigenvalue weighted by Gasteiger charge is 2.30. The van der Waals surface area contributed by atoms with Gasteiger partial charge >= 0.3 is 0 Å². The first kappa shape index (κ1) is 17.9. The molecule has 0 bridgehead atoms. The van der Waals surface area contributed by atoms with Crippen LogP contribution in [0.2, 0.25) is 0 Å². The molecule has 0 unspecified atom stereocenters. The maximum absolute atomic E-state index is 12.8. The molecule has 0 radical (unpaired) electrons. The van der Waals surface area contributed by atoms with Crippen LogP contribution < -0.4 is 4.72 Å². The van der Waals surface area contributed by atoms with Gasteiger partial charge in [0.25, 0.3) is 0 Å². The lowest BCUT2D eigenvalue weighted by molar-refractivity contribution is -0.134. The van der Waals surface area contributed by atoms with Gasteiger partial charge in [-0.3, -0.25) is 4.79 Å². The van der Waals surface area contributed by atoms with E-state index >= 15 is 0 Å². The number of methoxy groups -OCH3 is 1. The topological polar surface area (TPSA) is 75.7 Å². The SMILES string of the molecule is COCCS(=O)(=O)N[C@H](C(=O)N1CCCCC1)c1ccccc1. The van der Waals surface area contributed by atoms with Crippen LogP contribution in [0.1, 0.15) is 30.9 Å². The Labute approximate surface area is 137 Å². The van der Waals surface area contributed by atoms with Crippen molar-refractivity contribution in [2.45, 2.75) is 25.3 Å². The van der Waals surface area contributed by atoms with Gasteiger partial charge in [-0.1, -0.05) is 30.3 Å². The summed E-state index contributed by atoms with van der Waals surface area (Å²) < 4.78 is 31.8. The smallest absolute Gasteiger partial charge is 0.245 e. The van der Waals surface area contributed by atoms with E-state index in [0.717, 1.165) is 19.3 Å². The zero-order chi connectivity index (χ0) is 16.7. The zero-order valence-electron chi connectivity index (χ0n) is 13.4. The molecule has 0 saturated carbocycles. The molecule has 7 heteroatoms. The Morgan fingerprint density at radius 1 is 1.22 bits per heavy atom. The number of rotatable bonds is 7. The Morgan fingerprint density at radius 2 is 1.87 bits per heavy atom. The van der Waals surface area contributed by atoms with E-state index in [2.05, 4.69) is 4.72 Å². The molecular weight excluding hydrogens is 316 g/mol. The molecule has 23 heavy (non-hydrogen) atoms. The Balaban J connectivity index is 2.20. The minimum absolute atomic E-state index is 0.0920. The second kappa shape index (κ2) is 8.42. The summed E-state index contributed by atoms with van der Waals surface area (Å²) in [7, 11) is -2.15. The maximum atomic E-state index is 12.8. The van der Waals surface area contributed by atoms with Crippen LogP contribution in [0.3, 0.4) is 0 Å². The maximum Gasteiger partial charge on any atom is 0.245 e. The average Bonchev–Trinajstić information content (AvgIpc) is 2.59. The number of likely N-dealkylation sites (tertiary alicyclic amines) is 1. The van der Waals surface area contributed by atoms with Crippen LogP contribution in [-0.2, 0) is 19.6 Å². The highest BCUT2D eigenvalue weighted by molar-refractivity contribution is 7.89. The highest BCUT2D eigenvalue weighted by atomic mass is 32.2. The molecule has 0 spiro atoms. The lowest BCUT2D eigenvalue weighted by atomic mass is 10.0. The van der Waals surface area contributed by atoms with Crippen LogP contribution in [-0.4, -0.2) is 51.8 Å². The molecule has 1 aromatic carbocycles. The molecule has 2 rings (SSSR count). The molecule has 0 aromatic heterocycles. The number of benzene rings is 1. The molecule has 1 fully saturated rings. The van der Waals surface area contributed by atoms with Crippen LogP contribution >= 0.6 is 0 Å². The van der Waals surface area contributed by atoms with Gasteiger partial charge in [-0.2, -0.15) is 4.72 Å². The number of carbonyl (C=O) groups excluding carboxylic acids is 1. The number of hydrogen-bond acceptors (Lipinski definition) is 4. The van der Waals surface area contributed by atoms with Crippen LogP contribution in [0, 0.1) is 0 Å². The van der Waals surface area contributed by atoms with Crippen molar-refractivity contribution in [1.82, 2.24) is 9.62 Å². The number of piperidine rings is 1. The summed E-state index contributed by atoms with van der Waals surface area (Å²) in [5.41, 5.74) is 0.657. The summed E-state index contributed by atoms with van der Waals surface area (Å²) >= 11 is 0. The van der Waals surface area contributed by atoms with Crippen molar-refractivity contribution in [2.75, 3.05) is 32.6 Å². The van der Waals surface area contributed by atoms with Crippen molar-refractivity contribution in [1.29, 1.82) is 0 Å². The predicted molar refractivity (Wildman–Crippen MR) is 88.4 cm³/mol. The van der Waals surface area contributed by atoms with Crippen molar-refractivity contribution >= 4 is 15.9 Å². The lowest BCUT2D eigenvalue weighted by Crippen LogP contribution is -2.45. The van der Waals surface area contributed by atoms with Crippen molar-refractivity contribution in [3.8, 4) is 0 Å². The van der Waals surface area contributed by atoms with E-state index in [-0.39, 0.29) is 18.3 Å². The van der Waals surface area contributed by atoms with Crippen LogP contribution in [0.5, 0.6) is 0 Å². The molecule has 1 aliphatic rings. The fraction of sp³-hybridized carbons (Fsp3) is 0.562. The van der Waals surface area contributed by atoms with E-state index < -0.39 is 16.1 Å². The molecule has 1 saturated heterocycles. The molecule has 6 nitrogen and oxygen atoms in total. The number of carbonyl (C=O) groups is 1. The normalized spacial score (nSPS) is 17.0. The average molecular weight is 340 g/mol. The second-order valence-corrected chi connectivity index (χ2v) is 7.53. The predicted octanol–water partition coefficient (Wildman–Crippen LogP) is 1.31. The van der Waals surface area contributed by atoms with E-state index in [4.69, 9.17) is 4.74 Å². The van der Waals surface area contributed by atoms with Gasteiger partial charge in [0.05, 0.1) is 12.4 Å². The first-order chi connectivity index (χ1) is 11.0. The summed E-state index contributed by atoms with van der Waals surface area (Å²) in [6, 6.07) is 8.10. The second-order valence-electron chi connectivity index (χ2n) is 5.66. The van der Waals surface area contributed by atoms with Gasteiger partial charge in [0.15, 0.2) is 0 Å². The van der Waals surface area contributed by atoms with Gasteiger partial charge in [-0.25, -0.2) is 8.42 Å². The van der Waals surface area contributed by atoms with E-state index in [1.54, 1.807) is 29.2 Å². The summed E-state index contributed by atoms with van der Waals surface area (Å²) in [5, 5.41) is 0. The van der Waals surface area contributed by atoms with Gasteiger partial charge in [0.2, 0.25) is 15.9 Å². The van der Waals surface area contributed by atoms with Crippen molar-refractivity contribution in [3.05, 3.63) is 35.9 Å². The van der Waals surface area contributed by atoms with Gasteiger partial charge < -0.3 is 9.64 Å². The number of sulfonamides is 1. The summed E-state index contributed by atoms with van der Waals surface area (Å²) in [6.07, 6.45) is 3.03. The third kappa shape index (κ3) is 5.30. The third-order valence-electron chi connectivity index (χ3n) is 3.90. The van der Waals surface area contributed by atoms with E-state index in [9.17, 15) is 13.2 Å². The first-order valence-electron chi connectivity index (χ1n) is 7.86. The Hall–Kier alpha value is -1.44. The Bertz CT molecular complexity index is 598. The number of nitrogens with one attached hydrogen (secondary N) is 1. The fourth-order valence-electron chi connectivity index (χ4n) is 2.63. The monoisotopic (exact) mass is 340 g/mol. The van der Waals surface area contributed by atoms with Gasteiger partial charge in [-0.05, 0) is 24.8 Å². The largest absolute Gasteiger partial charge is 0.384 e. The molecule has 1 atom stereocenters. The molecule has 1 N–H and O–H groups in total.